The van der Waals surface area contributed by atoms with Gasteiger partial charge in [-0.25, -0.2) is 4.39 Å². The molecule has 3 nitrogen and oxygen atoms in total. The van der Waals surface area contributed by atoms with Crippen molar-refractivity contribution in [3.05, 3.63) is 53.8 Å². The van der Waals surface area contributed by atoms with Gasteiger partial charge >= 0.3 is 0 Å². The summed E-state index contributed by atoms with van der Waals surface area (Å²) in [7, 11) is 1.54. The molecule has 0 aliphatic rings. The highest BCUT2D eigenvalue weighted by Gasteiger charge is 2.09. The topological polar surface area (TPSA) is 41.5 Å². The van der Waals surface area contributed by atoms with Crippen LogP contribution < -0.4 is 10.1 Å². The number of benzene rings is 2. The monoisotopic (exact) mass is 261 g/mol. The Morgan fingerprint density at radius 1 is 1.16 bits per heavy atom. The minimum absolute atomic E-state index is 0.0813. The molecule has 2 N–H and O–H groups in total. The first-order chi connectivity index (χ1) is 9.10. The van der Waals surface area contributed by atoms with E-state index in [1.807, 2.05) is 6.92 Å². The lowest BCUT2D eigenvalue weighted by molar-refractivity contribution is 0.414. The fraction of sp³-hybridized carbons (Fsp3) is 0.200. The summed E-state index contributed by atoms with van der Waals surface area (Å²) in [5.74, 6) is 0.483. The fourth-order valence-corrected chi connectivity index (χ4v) is 1.82. The van der Waals surface area contributed by atoms with Gasteiger partial charge in [0.2, 0.25) is 0 Å². The van der Waals surface area contributed by atoms with Crippen molar-refractivity contribution in [1.29, 1.82) is 0 Å². The molecular weight excluding hydrogens is 245 g/mol. The van der Waals surface area contributed by atoms with Crippen molar-refractivity contribution < 1.29 is 14.2 Å². The van der Waals surface area contributed by atoms with Gasteiger partial charge in [-0.3, -0.25) is 0 Å². The van der Waals surface area contributed by atoms with Crippen LogP contribution in [0.5, 0.6) is 11.5 Å². The number of methoxy groups -OCH3 is 1. The van der Waals surface area contributed by atoms with Gasteiger partial charge in [-0.05, 0) is 36.8 Å². The number of aromatic hydroxyl groups is 1. The number of rotatable bonds is 4. The molecule has 0 saturated heterocycles. The number of halogens is 1. The molecule has 19 heavy (non-hydrogen) atoms. The molecule has 0 aliphatic carbocycles. The number of hydrogen-bond donors (Lipinski definition) is 2. The Labute approximate surface area is 111 Å². The lowest BCUT2D eigenvalue weighted by atomic mass is 10.1. The largest absolute Gasteiger partial charge is 0.508 e. The van der Waals surface area contributed by atoms with E-state index in [0.717, 1.165) is 5.56 Å². The van der Waals surface area contributed by atoms with Crippen LogP contribution >= 0.6 is 0 Å². The molecule has 0 bridgehead atoms. The van der Waals surface area contributed by atoms with Gasteiger partial charge in [0.05, 0.1) is 12.8 Å². The molecule has 2 aromatic carbocycles. The van der Waals surface area contributed by atoms with Crippen molar-refractivity contribution in [2.24, 2.45) is 0 Å². The molecule has 0 spiro atoms. The summed E-state index contributed by atoms with van der Waals surface area (Å²) in [6.07, 6.45) is 0. The first kappa shape index (κ1) is 13.2. The maximum absolute atomic E-state index is 13.7. The zero-order chi connectivity index (χ0) is 13.8. The second kappa shape index (κ2) is 5.61. The van der Waals surface area contributed by atoms with E-state index < -0.39 is 0 Å². The Morgan fingerprint density at radius 3 is 2.47 bits per heavy atom. The summed E-state index contributed by atoms with van der Waals surface area (Å²) in [4.78, 5) is 0. The second-order valence-corrected chi connectivity index (χ2v) is 4.30. The van der Waals surface area contributed by atoms with Crippen LogP contribution in [0.2, 0.25) is 0 Å². The van der Waals surface area contributed by atoms with Gasteiger partial charge in [-0.15, -0.1) is 0 Å². The first-order valence-electron chi connectivity index (χ1n) is 5.99. The molecule has 0 aliphatic heterocycles. The summed E-state index contributed by atoms with van der Waals surface area (Å²) >= 11 is 0. The van der Waals surface area contributed by atoms with Gasteiger partial charge in [-0.1, -0.05) is 12.1 Å². The zero-order valence-corrected chi connectivity index (χ0v) is 10.9. The Kier molecular flexibility index (Phi) is 3.90. The minimum atomic E-state index is -0.327. The van der Waals surface area contributed by atoms with Crippen molar-refractivity contribution in [2.45, 2.75) is 13.0 Å². The van der Waals surface area contributed by atoms with Crippen molar-refractivity contribution >= 4 is 5.69 Å². The van der Waals surface area contributed by atoms with Gasteiger partial charge in [-0.2, -0.15) is 0 Å². The first-order valence-corrected chi connectivity index (χ1v) is 5.99. The molecule has 0 heterocycles. The third kappa shape index (κ3) is 3.16. The van der Waals surface area contributed by atoms with Gasteiger partial charge in [0.15, 0.2) is 0 Å². The van der Waals surface area contributed by atoms with Crippen LogP contribution in [0, 0.1) is 5.82 Å². The molecule has 0 radical (unpaired) electrons. The molecule has 4 heteroatoms. The standard InChI is InChI=1S/C15H16FNO2/c1-10(11-3-5-12(18)6-4-11)17-15-9-13(19-2)7-8-14(15)16/h3-10,17-18H,1-2H3. The molecule has 2 rings (SSSR count). The Balaban J connectivity index is 2.18. The predicted octanol–water partition coefficient (Wildman–Crippen LogP) is 3.71. The Morgan fingerprint density at radius 2 is 1.84 bits per heavy atom. The molecule has 0 amide bonds. The highest BCUT2D eigenvalue weighted by atomic mass is 19.1. The maximum atomic E-state index is 13.7. The third-order valence-corrected chi connectivity index (χ3v) is 2.94. The van der Waals surface area contributed by atoms with E-state index in [-0.39, 0.29) is 17.6 Å². The van der Waals surface area contributed by atoms with Gasteiger partial charge < -0.3 is 15.2 Å². The van der Waals surface area contributed by atoms with E-state index in [9.17, 15) is 9.50 Å². The fourth-order valence-electron chi connectivity index (χ4n) is 1.82. The molecule has 100 valence electrons. The number of ether oxygens (including phenoxy) is 1. The number of nitrogens with one attached hydrogen (secondary N) is 1. The van der Waals surface area contributed by atoms with Crippen LogP contribution in [0.3, 0.4) is 0 Å². The SMILES string of the molecule is COc1ccc(F)c(NC(C)c2ccc(O)cc2)c1. The molecule has 0 aromatic heterocycles. The number of anilines is 1. The van der Waals surface area contributed by atoms with Gasteiger partial charge in [0, 0.05) is 12.1 Å². The Hall–Kier alpha value is -2.23. The molecule has 1 unspecified atom stereocenters. The van der Waals surface area contributed by atoms with Crippen molar-refractivity contribution in [3.8, 4) is 11.5 Å². The molecule has 0 fully saturated rings. The van der Waals surface area contributed by atoms with Gasteiger partial charge in [0.1, 0.15) is 17.3 Å². The smallest absolute Gasteiger partial charge is 0.146 e. The summed E-state index contributed by atoms with van der Waals surface area (Å²) in [5.41, 5.74) is 1.35. The second-order valence-electron chi connectivity index (χ2n) is 4.30. The lowest BCUT2D eigenvalue weighted by Crippen LogP contribution is -2.08. The lowest BCUT2D eigenvalue weighted by Gasteiger charge is -2.17. The highest BCUT2D eigenvalue weighted by Crippen LogP contribution is 2.26. The normalized spacial score (nSPS) is 11.9. The maximum Gasteiger partial charge on any atom is 0.146 e. The van der Waals surface area contributed by atoms with Gasteiger partial charge in [0.25, 0.3) is 0 Å². The average Bonchev–Trinajstić information content (AvgIpc) is 2.42. The quantitative estimate of drug-likeness (QED) is 0.881. The zero-order valence-electron chi connectivity index (χ0n) is 10.9. The van der Waals surface area contributed by atoms with E-state index in [2.05, 4.69) is 5.32 Å². The number of phenols is 1. The average molecular weight is 261 g/mol. The predicted molar refractivity (Wildman–Crippen MR) is 73.1 cm³/mol. The molecular formula is C15H16FNO2. The van der Waals surface area contributed by atoms with E-state index in [1.54, 1.807) is 43.5 Å². The molecule has 2 aromatic rings. The highest BCUT2D eigenvalue weighted by molar-refractivity contribution is 5.51. The summed E-state index contributed by atoms with van der Waals surface area (Å²) in [5, 5.41) is 12.3. The van der Waals surface area contributed by atoms with Crippen LogP contribution in [-0.4, -0.2) is 12.2 Å². The van der Waals surface area contributed by atoms with Crippen LogP contribution in [0.1, 0.15) is 18.5 Å². The van der Waals surface area contributed by atoms with Crippen LogP contribution in [0.4, 0.5) is 10.1 Å². The Bertz CT molecular complexity index is 555. The van der Waals surface area contributed by atoms with E-state index in [0.29, 0.717) is 11.4 Å². The molecule has 1 atom stereocenters. The summed E-state index contributed by atoms with van der Waals surface area (Å²) < 4.78 is 18.8. The summed E-state index contributed by atoms with van der Waals surface area (Å²) in [6, 6.07) is 11.3. The van der Waals surface area contributed by atoms with Crippen LogP contribution in [0.15, 0.2) is 42.5 Å². The van der Waals surface area contributed by atoms with Crippen molar-refractivity contribution in [2.75, 3.05) is 12.4 Å². The van der Waals surface area contributed by atoms with Crippen LogP contribution in [0.25, 0.3) is 0 Å². The van der Waals surface area contributed by atoms with Crippen molar-refractivity contribution in [3.63, 3.8) is 0 Å². The molecule has 0 saturated carbocycles. The number of hydrogen-bond acceptors (Lipinski definition) is 3. The van der Waals surface area contributed by atoms with Crippen LogP contribution in [-0.2, 0) is 0 Å². The summed E-state index contributed by atoms with van der Waals surface area (Å²) in [6.45, 7) is 1.92. The minimum Gasteiger partial charge on any atom is -0.508 e. The third-order valence-electron chi connectivity index (χ3n) is 2.94. The van der Waals surface area contributed by atoms with E-state index in [1.165, 1.54) is 6.07 Å². The number of phenolic OH excluding ortho intramolecular Hbond substituents is 1. The van der Waals surface area contributed by atoms with E-state index >= 15 is 0 Å². The van der Waals surface area contributed by atoms with E-state index in [4.69, 9.17) is 4.74 Å². The van der Waals surface area contributed by atoms with Crippen molar-refractivity contribution in [1.82, 2.24) is 0 Å².